The minimum absolute atomic E-state index is 0.0602. The third-order valence-electron chi connectivity index (χ3n) is 1.32. The summed E-state index contributed by atoms with van der Waals surface area (Å²) in [6.07, 6.45) is -0.496. The molecule has 0 aromatic heterocycles. The number of carbonyl (C=O) groups excluding carboxylic acids is 1. The molecule has 0 fully saturated rings. The Kier molecular flexibility index (Phi) is 10.0. The van der Waals surface area contributed by atoms with E-state index in [0.717, 1.165) is 0 Å². The zero-order valence-corrected chi connectivity index (χ0v) is 11.4. The van der Waals surface area contributed by atoms with Gasteiger partial charge in [0.1, 0.15) is 5.60 Å². The van der Waals surface area contributed by atoms with Crippen molar-refractivity contribution in [1.82, 2.24) is 5.32 Å². The molecule has 1 amide bonds. The summed E-state index contributed by atoms with van der Waals surface area (Å²) in [6.45, 7) is 8.81. The summed E-state index contributed by atoms with van der Waals surface area (Å²) in [5.41, 5.74) is 4.55. The second kappa shape index (κ2) is 9.21. The van der Waals surface area contributed by atoms with E-state index in [1.54, 1.807) is 34.6 Å². The topological polar surface area (TPSA) is 105 Å². The highest BCUT2D eigenvalue weighted by molar-refractivity contribution is 5.67. The first-order valence-corrected chi connectivity index (χ1v) is 5.59. The van der Waals surface area contributed by atoms with Crippen molar-refractivity contribution in [2.24, 2.45) is 5.73 Å². The SMILES string of the molecule is CC(CO)NC(=O)OC(C)(C)C.CC(N)CO. The molecule has 0 saturated carbocycles. The predicted octanol–water partition coefficient (Wildman–Crippen LogP) is 0.218. The first kappa shape index (κ1) is 18.5. The Balaban J connectivity index is 0. The number of rotatable bonds is 3. The Morgan fingerprint density at radius 1 is 1.29 bits per heavy atom. The maximum atomic E-state index is 11.0. The van der Waals surface area contributed by atoms with Gasteiger partial charge in [0, 0.05) is 6.04 Å². The molecule has 0 heterocycles. The number of aliphatic hydroxyl groups excluding tert-OH is 2. The van der Waals surface area contributed by atoms with Gasteiger partial charge in [0.25, 0.3) is 0 Å². The van der Waals surface area contributed by atoms with Gasteiger partial charge in [0.15, 0.2) is 0 Å². The molecule has 0 aliphatic carbocycles. The van der Waals surface area contributed by atoms with Crippen molar-refractivity contribution in [3.05, 3.63) is 0 Å². The van der Waals surface area contributed by atoms with Crippen molar-refractivity contribution in [3.63, 3.8) is 0 Å². The molecule has 5 N–H and O–H groups in total. The van der Waals surface area contributed by atoms with Crippen molar-refractivity contribution < 1.29 is 19.7 Å². The predicted molar refractivity (Wildman–Crippen MR) is 66.7 cm³/mol. The molecule has 0 saturated heterocycles. The number of aliphatic hydroxyl groups is 2. The summed E-state index contributed by atoms with van der Waals surface area (Å²) in [6, 6.07) is -0.324. The lowest BCUT2D eigenvalue weighted by Gasteiger charge is -2.21. The van der Waals surface area contributed by atoms with Gasteiger partial charge in [0.2, 0.25) is 0 Å². The molecule has 0 aromatic rings. The summed E-state index contributed by atoms with van der Waals surface area (Å²) in [4.78, 5) is 11.0. The Labute approximate surface area is 103 Å². The monoisotopic (exact) mass is 250 g/mol. The molecule has 0 rings (SSSR count). The minimum Gasteiger partial charge on any atom is -0.444 e. The summed E-state index contributed by atoms with van der Waals surface area (Å²) < 4.78 is 4.95. The van der Waals surface area contributed by atoms with Crippen LogP contribution in [0.25, 0.3) is 0 Å². The molecule has 2 unspecified atom stereocenters. The zero-order chi connectivity index (χ0) is 14.1. The van der Waals surface area contributed by atoms with Crippen LogP contribution in [0, 0.1) is 0 Å². The Hall–Kier alpha value is -0.850. The van der Waals surface area contributed by atoms with Crippen molar-refractivity contribution in [2.75, 3.05) is 13.2 Å². The molecular weight excluding hydrogens is 224 g/mol. The van der Waals surface area contributed by atoms with Crippen molar-refractivity contribution >= 4 is 6.09 Å². The quantitative estimate of drug-likeness (QED) is 0.573. The maximum Gasteiger partial charge on any atom is 0.407 e. The van der Waals surface area contributed by atoms with E-state index in [1.807, 2.05) is 0 Å². The molecule has 17 heavy (non-hydrogen) atoms. The van der Waals surface area contributed by atoms with Gasteiger partial charge in [-0.1, -0.05) is 0 Å². The van der Waals surface area contributed by atoms with E-state index in [-0.39, 0.29) is 25.3 Å². The highest BCUT2D eigenvalue weighted by Gasteiger charge is 2.16. The van der Waals surface area contributed by atoms with Gasteiger partial charge in [-0.25, -0.2) is 4.79 Å². The van der Waals surface area contributed by atoms with E-state index in [4.69, 9.17) is 20.7 Å². The van der Waals surface area contributed by atoms with Gasteiger partial charge >= 0.3 is 6.09 Å². The van der Waals surface area contributed by atoms with E-state index < -0.39 is 11.7 Å². The van der Waals surface area contributed by atoms with Crippen LogP contribution < -0.4 is 11.1 Å². The number of amides is 1. The van der Waals surface area contributed by atoms with Crippen LogP contribution >= 0.6 is 0 Å². The largest absolute Gasteiger partial charge is 0.444 e. The van der Waals surface area contributed by atoms with Crippen LogP contribution in [-0.2, 0) is 4.74 Å². The third-order valence-corrected chi connectivity index (χ3v) is 1.32. The number of hydrogen-bond donors (Lipinski definition) is 4. The smallest absolute Gasteiger partial charge is 0.407 e. The molecule has 0 bridgehead atoms. The normalized spacial score (nSPS) is 14.1. The second-order valence-corrected chi connectivity index (χ2v) is 4.89. The summed E-state index contributed by atoms with van der Waals surface area (Å²) in [5.74, 6) is 0. The molecule has 0 radical (unpaired) electrons. The molecule has 2 atom stereocenters. The Morgan fingerprint density at radius 3 is 1.94 bits per heavy atom. The van der Waals surface area contributed by atoms with Crippen molar-refractivity contribution in [2.45, 2.75) is 52.3 Å². The van der Waals surface area contributed by atoms with E-state index in [9.17, 15) is 4.79 Å². The van der Waals surface area contributed by atoms with Gasteiger partial charge in [-0.3, -0.25) is 0 Å². The van der Waals surface area contributed by atoms with Crippen LogP contribution in [-0.4, -0.2) is 47.2 Å². The zero-order valence-electron chi connectivity index (χ0n) is 11.4. The van der Waals surface area contributed by atoms with Gasteiger partial charge in [-0.15, -0.1) is 0 Å². The number of nitrogens with one attached hydrogen (secondary N) is 1. The molecule has 6 nitrogen and oxygen atoms in total. The van der Waals surface area contributed by atoms with Crippen LogP contribution in [0.15, 0.2) is 0 Å². The summed E-state index contributed by atoms with van der Waals surface area (Å²) in [7, 11) is 0. The molecule has 6 heteroatoms. The fraction of sp³-hybridized carbons (Fsp3) is 0.909. The number of ether oxygens (including phenoxy) is 1. The minimum atomic E-state index is -0.496. The molecule has 0 aliphatic heterocycles. The highest BCUT2D eigenvalue weighted by atomic mass is 16.6. The average molecular weight is 250 g/mol. The third kappa shape index (κ3) is 17.7. The van der Waals surface area contributed by atoms with Crippen LogP contribution in [0.3, 0.4) is 0 Å². The Morgan fingerprint density at radius 2 is 1.71 bits per heavy atom. The van der Waals surface area contributed by atoms with Gasteiger partial charge in [-0.05, 0) is 34.6 Å². The second-order valence-electron chi connectivity index (χ2n) is 4.89. The van der Waals surface area contributed by atoms with Crippen molar-refractivity contribution in [3.8, 4) is 0 Å². The fourth-order valence-electron chi connectivity index (χ4n) is 0.554. The van der Waals surface area contributed by atoms with Crippen LogP contribution in [0.5, 0.6) is 0 Å². The number of carbonyl (C=O) groups is 1. The van der Waals surface area contributed by atoms with Crippen LogP contribution in [0.1, 0.15) is 34.6 Å². The van der Waals surface area contributed by atoms with Gasteiger partial charge < -0.3 is 26.0 Å². The van der Waals surface area contributed by atoms with Crippen LogP contribution in [0.2, 0.25) is 0 Å². The average Bonchev–Trinajstić information content (AvgIpc) is 2.15. The van der Waals surface area contributed by atoms with E-state index >= 15 is 0 Å². The van der Waals surface area contributed by atoms with E-state index in [0.29, 0.717) is 0 Å². The molecule has 0 spiro atoms. The molecule has 0 aromatic carbocycles. The maximum absolute atomic E-state index is 11.0. The first-order valence-electron chi connectivity index (χ1n) is 5.59. The van der Waals surface area contributed by atoms with Crippen LogP contribution in [0.4, 0.5) is 4.79 Å². The lowest BCUT2D eigenvalue weighted by atomic mass is 10.2. The summed E-state index contributed by atoms with van der Waals surface area (Å²) >= 11 is 0. The Bertz CT molecular complexity index is 202. The number of alkyl carbamates (subject to hydrolysis) is 1. The fourth-order valence-corrected chi connectivity index (χ4v) is 0.554. The lowest BCUT2D eigenvalue weighted by molar-refractivity contribution is 0.0489. The van der Waals surface area contributed by atoms with E-state index in [2.05, 4.69) is 5.32 Å². The molecule has 104 valence electrons. The molecular formula is C11H26N2O4. The highest BCUT2D eigenvalue weighted by Crippen LogP contribution is 2.06. The van der Waals surface area contributed by atoms with Crippen molar-refractivity contribution in [1.29, 1.82) is 0 Å². The summed E-state index contributed by atoms with van der Waals surface area (Å²) in [5, 5.41) is 19.1. The first-order chi connectivity index (χ1) is 7.62. The van der Waals surface area contributed by atoms with Gasteiger partial charge in [-0.2, -0.15) is 0 Å². The number of nitrogens with two attached hydrogens (primary N) is 1. The van der Waals surface area contributed by atoms with Gasteiger partial charge in [0.05, 0.1) is 19.3 Å². The molecule has 0 aliphatic rings. The lowest BCUT2D eigenvalue weighted by Crippen LogP contribution is -2.39. The standard InChI is InChI=1S/C8H17NO3.C3H9NO/c1-6(5-10)9-7(11)12-8(2,3)4;1-3(4)2-5/h6,10H,5H2,1-4H3,(H,9,11);3,5H,2,4H2,1H3. The number of hydrogen-bond acceptors (Lipinski definition) is 5. The van der Waals surface area contributed by atoms with E-state index in [1.165, 1.54) is 0 Å².